The minimum absolute atomic E-state index is 0.181. The van der Waals surface area contributed by atoms with E-state index < -0.39 is 0 Å². The van der Waals surface area contributed by atoms with Crippen molar-refractivity contribution in [3.63, 3.8) is 0 Å². The number of benzene rings is 1. The summed E-state index contributed by atoms with van der Waals surface area (Å²) in [4.78, 5) is 4.52. The van der Waals surface area contributed by atoms with Crippen molar-refractivity contribution in [1.82, 2.24) is 10.3 Å². The molecular weight excluding hydrogens is 422 g/mol. The summed E-state index contributed by atoms with van der Waals surface area (Å²) in [5.41, 5.74) is 2.83. The van der Waals surface area contributed by atoms with Gasteiger partial charge in [-0.1, -0.05) is 23.7 Å². The van der Waals surface area contributed by atoms with Gasteiger partial charge in [0.05, 0.1) is 23.1 Å². The van der Waals surface area contributed by atoms with Crippen molar-refractivity contribution in [1.29, 1.82) is 5.26 Å². The number of pyridine rings is 1. The Labute approximate surface area is 195 Å². The Morgan fingerprint density at radius 2 is 1.97 bits per heavy atom. The number of hydrogen-bond acceptors (Lipinski definition) is 6. The smallest absolute Gasteiger partial charge is 0.126 e. The highest BCUT2D eigenvalue weighted by Crippen LogP contribution is 2.44. The molecular formula is C25H32ClN5O. The first kappa shape index (κ1) is 22.8. The highest BCUT2D eigenvalue weighted by molar-refractivity contribution is 6.33. The van der Waals surface area contributed by atoms with Crippen LogP contribution in [-0.2, 0) is 4.74 Å². The van der Waals surface area contributed by atoms with Crippen LogP contribution in [0, 0.1) is 16.7 Å². The molecule has 2 aromatic rings. The molecule has 0 amide bonds. The molecule has 170 valence electrons. The van der Waals surface area contributed by atoms with Gasteiger partial charge in [-0.2, -0.15) is 5.26 Å². The van der Waals surface area contributed by atoms with Gasteiger partial charge in [0.1, 0.15) is 5.82 Å². The zero-order valence-corrected chi connectivity index (χ0v) is 19.4. The molecule has 0 radical (unpaired) electrons. The monoisotopic (exact) mass is 453 g/mol. The van der Waals surface area contributed by atoms with Crippen LogP contribution >= 0.6 is 11.6 Å². The Balaban J connectivity index is 1.37. The van der Waals surface area contributed by atoms with Gasteiger partial charge in [-0.25, -0.2) is 4.98 Å². The van der Waals surface area contributed by atoms with Crippen molar-refractivity contribution in [3.8, 4) is 17.2 Å². The summed E-state index contributed by atoms with van der Waals surface area (Å²) in [5.74, 6) is 0.861. The number of halogens is 1. The predicted octanol–water partition coefficient (Wildman–Crippen LogP) is 5.08. The van der Waals surface area contributed by atoms with Crippen LogP contribution in [0.15, 0.2) is 36.5 Å². The maximum Gasteiger partial charge on any atom is 0.126 e. The number of anilines is 2. The Morgan fingerprint density at radius 3 is 2.69 bits per heavy atom. The van der Waals surface area contributed by atoms with E-state index >= 15 is 0 Å². The highest BCUT2D eigenvalue weighted by atomic mass is 35.5. The molecule has 3 N–H and O–H groups in total. The van der Waals surface area contributed by atoms with Crippen LogP contribution in [0.4, 0.5) is 11.5 Å². The second kappa shape index (κ2) is 10.5. The lowest BCUT2D eigenvalue weighted by Gasteiger charge is -2.30. The average Bonchev–Trinajstić information content (AvgIpc) is 3.61. The van der Waals surface area contributed by atoms with Crippen molar-refractivity contribution in [2.75, 3.05) is 37.4 Å². The zero-order chi connectivity index (χ0) is 22.4. The molecule has 0 saturated heterocycles. The topological polar surface area (TPSA) is 82.0 Å². The number of ether oxygens (including phenoxy) is 1. The second-order valence-corrected chi connectivity index (χ2v) is 9.42. The van der Waals surface area contributed by atoms with E-state index in [0.29, 0.717) is 23.7 Å². The van der Waals surface area contributed by atoms with Crippen molar-refractivity contribution >= 4 is 23.1 Å². The number of methoxy groups -OCH3 is 1. The van der Waals surface area contributed by atoms with Gasteiger partial charge in [-0.05, 0) is 62.3 Å². The van der Waals surface area contributed by atoms with Gasteiger partial charge in [-0.15, -0.1) is 0 Å². The Hall–Kier alpha value is -2.33. The molecule has 1 heterocycles. The van der Waals surface area contributed by atoms with Crippen LogP contribution in [0.1, 0.15) is 38.5 Å². The minimum Gasteiger partial charge on any atom is -0.383 e. The summed E-state index contributed by atoms with van der Waals surface area (Å²) in [6, 6.07) is 13.7. The van der Waals surface area contributed by atoms with Crippen molar-refractivity contribution in [3.05, 3.63) is 41.6 Å². The molecule has 2 fully saturated rings. The van der Waals surface area contributed by atoms with Gasteiger partial charge in [-0.3, -0.25) is 0 Å². The number of nitrogens with one attached hydrogen (secondary N) is 3. The number of rotatable bonds is 10. The number of hydrogen-bond donors (Lipinski definition) is 3. The molecule has 2 saturated carbocycles. The van der Waals surface area contributed by atoms with E-state index in [1.807, 2.05) is 18.2 Å². The lowest BCUT2D eigenvalue weighted by molar-refractivity contribution is 0.191. The van der Waals surface area contributed by atoms with Gasteiger partial charge in [0.25, 0.3) is 0 Å². The Kier molecular flexibility index (Phi) is 7.51. The molecule has 0 bridgehead atoms. The molecule has 2 aliphatic rings. The minimum atomic E-state index is -0.181. The van der Waals surface area contributed by atoms with Crippen molar-refractivity contribution in [2.45, 2.75) is 50.6 Å². The molecule has 0 atom stereocenters. The summed E-state index contributed by atoms with van der Waals surface area (Å²) < 4.78 is 5.12. The molecule has 1 aromatic carbocycles. The van der Waals surface area contributed by atoms with Crippen LogP contribution < -0.4 is 16.0 Å². The lowest BCUT2D eigenvalue weighted by Crippen LogP contribution is -2.38. The van der Waals surface area contributed by atoms with E-state index in [1.54, 1.807) is 13.3 Å². The first-order valence-electron chi connectivity index (χ1n) is 11.5. The molecule has 4 rings (SSSR count). The van der Waals surface area contributed by atoms with Crippen LogP contribution in [0.2, 0.25) is 5.02 Å². The fourth-order valence-corrected chi connectivity index (χ4v) is 4.51. The standard InChI is InChI=1S/C25H32ClN5O/c1-32-12-11-28-19-5-7-20(8-6-19)31-24-14-22(23(26)15-29-24)18-3-2-4-21(13-18)30-17-25(16-27)9-10-25/h2-4,13-15,19-20,28,30H,5-12,17H2,1H3,(H,29,31). The van der Waals surface area contributed by atoms with Gasteiger partial charge in [0, 0.05) is 49.7 Å². The van der Waals surface area contributed by atoms with E-state index in [4.69, 9.17) is 16.3 Å². The molecule has 0 aliphatic heterocycles. The number of nitriles is 1. The van der Waals surface area contributed by atoms with Crippen molar-refractivity contribution in [2.24, 2.45) is 5.41 Å². The molecule has 2 aliphatic carbocycles. The molecule has 7 heteroatoms. The van der Waals surface area contributed by atoms with E-state index in [0.717, 1.165) is 74.3 Å². The van der Waals surface area contributed by atoms with Crippen LogP contribution in [0.25, 0.3) is 11.1 Å². The van der Waals surface area contributed by atoms with Gasteiger partial charge in [0.2, 0.25) is 0 Å². The first-order chi connectivity index (χ1) is 15.6. The van der Waals surface area contributed by atoms with Crippen molar-refractivity contribution < 1.29 is 4.74 Å². The largest absolute Gasteiger partial charge is 0.383 e. The van der Waals surface area contributed by atoms with Crippen LogP contribution in [-0.4, -0.2) is 43.9 Å². The molecule has 0 unspecified atom stereocenters. The average molecular weight is 454 g/mol. The van der Waals surface area contributed by atoms with Crippen LogP contribution in [0.5, 0.6) is 0 Å². The van der Waals surface area contributed by atoms with Gasteiger partial charge < -0.3 is 20.7 Å². The van der Waals surface area contributed by atoms with Gasteiger partial charge in [0.15, 0.2) is 0 Å². The van der Waals surface area contributed by atoms with E-state index in [9.17, 15) is 5.26 Å². The lowest BCUT2D eigenvalue weighted by atomic mass is 9.91. The maximum absolute atomic E-state index is 9.30. The third kappa shape index (κ3) is 5.92. The van der Waals surface area contributed by atoms with Gasteiger partial charge >= 0.3 is 0 Å². The summed E-state index contributed by atoms with van der Waals surface area (Å²) >= 11 is 6.52. The predicted molar refractivity (Wildman–Crippen MR) is 130 cm³/mol. The summed E-state index contributed by atoms with van der Waals surface area (Å²) in [6.45, 7) is 2.35. The highest BCUT2D eigenvalue weighted by Gasteiger charge is 2.42. The van der Waals surface area contributed by atoms with E-state index in [2.05, 4.69) is 39.1 Å². The summed E-state index contributed by atoms with van der Waals surface area (Å²) in [5, 5.41) is 20.5. The molecule has 32 heavy (non-hydrogen) atoms. The third-order valence-corrected chi connectivity index (χ3v) is 6.87. The quantitative estimate of drug-likeness (QED) is 0.435. The second-order valence-electron chi connectivity index (χ2n) is 9.02. The first-order valence-corrected chi connectivity index (χ1v) is 11.9. The molecule has 6 nitrogen and oxygen atoms in total. The van der Waals surface area contributed by atoms with E-state index in [-0.39, 0.29) is 5.41 Å². The summed E-state index contributed by atoms with van der Waals surface area (Å²) in [6.07, 6.45) is 8.22. The fourth-order valence-electron chi connectivity index (χ4n) is 4.30. The SMILES string of the molecule is COCCNC1CCC(Nc2cc(-c3cccc(NCC4(C#N)CC4)c3)c(Cl)cn2)CC1. The third-order valence-electron chi connectivity index (χ3n) is 6.57. The normalized spacial score (nSPS) is 21.5. The maximum atomic E-state index is 9.30. The Bertz CT molecular complexity index is 948. The Morgan fingerprint density at radius 1 is 1.19 bits per heavy atom. The zero-order valence-electron chi connectivity index (χ0n) is 18.7. The number of nitrogens with zero attached hydrogens (tertiary/aromatic N) is 2. The molecule has 0 spiro atoms. The molecule has 1 aromatic heterocycles. The fraction of sp³-hybridized carbons (Fsp3) is 0.520. The van der Waals surface area contributed by atoms with E-state index in [1.165, 1.54) is 0 Å². The van der Waals surface area contributed by atoms with Crippen LogP contribution in [0.3, 0.4) is 0 Å². The summed E-state index contributed by atoms with van der Waals surface area (Å²) in [7, 11) is 1.74. The number of aromatic nitrogens is 1.